The number of methoxy groups -OCH3 is 1. The molecule has 0 fully saturated rings. The molecule has 0 aliphatic rings. The SMILES string of the molecule is COC(=O)[C@H](NC(=O)c1cc(Cl)cc(Cl)c1)C(C)(C)C. The maximum absolute atomic E-state index is 12.2. The molecule has 110 valence electrons. The van der Waals surface area contributed by atoms with Gasteiger partial charge in [0.2, 0.25) is 0 Å². The summed E-state index contributed by atoms with van der Waals surface area (Å²) in [4.78, 5) is 24.0. The van der Waals surface area contributed by atoms with E-state index in [2.05, 4.69) is 5.32 Å². The van der Waals surface area contributed by atoms with Gasteiger partial charge in [0, 0.05) is 15.6 Å². The van der Waals surface area contributed by atoms with Gasteiger partial charge in [0.15, 0.2) is 0 Å². The number of halogens is 2. The molecule has 1 aromatic rings. The summed E-state index contributed by atoms with van der Waals surface area (Å²) in [6.45, 7) is 5.50. The second-order valence-electron chi connectivity index (χ2n) is 5.45. The van der Waals surface area contributed by atoms with E-state index in [1.165, 1.54) is 25.3 Å². The molecular weight excluding hydrogens is 301 g/mol. The predicted molar refractivity (Wildman–Crippen MR) is 79.2 cm³/mol. The van der Waals surface area contributed by atoms with Gasteiger partial charge < -0.3 is 10.1 Å². The van der Waals surface area contributed by atoms with Gasteiger partial charge >= 0.3 is 5.97 Å². The fourth-order valence-corrected chi connectivity index (χ4v) is 2.17. The highest BCUT2D eigenvalue weighted by Gasteiger charge is 2.33. The smallest absolute Gasteiger partial charge is 0.328 e. The Kier molecular flexibility index (Phi) is 5.42. The van der Waals surface area contributed by atoms with Gasteiger partial charge in [-0.15, -0.1) is 0 Å². The fourth-order valence-electron chi connectivity index (χ4n) is 1.65. The van der Waals surface area contributed by atoms with Gasteiger partial charge in [-0.25, -0.2) is 4.79 Å². The minimum absolute atomic E-state index is 0.292. The summed E-state index contributed by atoms with van der Waals surface area (Å²) in [6.07, 6.45) is 0. The van der Waals surface area contributed by atoms with Crippen molar-refractivity contribution in [3.63, 3.8) is 0 Å². The zero-order valence-electron chi connectivity index (χ0n) is 11.8. The van der Waals surface area contributed by atoms with Crippen molar-refractivity contribution in [1.29, 1.82) is 0 Å². The fraction of sp³-hybridized carbons (Fsp3) is 0.429. The molecule has 0 bridgehead atoms. The summed E-state index contributed by atoms with van der Waals surface area (Å²) < 4.78 is 4.72. The molecule has 0 aromatic heterocycles. The molecule has 4 nitrogen and oxygen atoms in total. The second-order valence-corrected chi connectivity index (χ2v) is 6.33. The number of rotatable bonds is 3. The van der Waals surface area contributed by atoms with Crippen LogP contribution in [0.25, 0.3) is 0 Å². The number of carbonyl (C=O) groups excluding carboxylic acids is 2. The number of amides is 1. The Morgan fingerprint density at radius 1 is 1.15 bits per heavy atom. The molecular formula is C14H17Cl2NO3. The first-order chi connectivity index (χ1) is 9.15. The molecule has 0 aliphatic carbocycles. The summed E-state index contributed by atoms with van der Waals surface area (Å²) in [6, 6.07) is 3.74. The van der Waals surface area contributed by atoms with Crippen LogP contribution in [0.3, 0.4) is 0 Å². The quantitative estimate of drug-likeness (QED) is 0.870. The van der Waals surface area contributed by atoms with Gasteiger partial charge in [0.05, 0.1) is 7.11 Å². The average molecular weight is 318 g/mol. The molecule has 0 aliphatic heterocycles. The van der Waals surface area contributed by atoms with Crippen molar-refractivity contribution in [3.05, 3.63) is 33.8 Å². The first kappa shape index (κ1) is 16.8. The summed E-state index contributed by atoms with van der Waals surface area (Å²) in [7, 11) is 1.28. The predicted octanol–water partition coefficient (Wildman–Crippen LogP) is 3.31. The number of benzene rings is 1. The van der Waals surface area contributed by atoms with Crippen LogP contribution < -0.4 is 5.32 Å². The van der Waals surface area contributed by atoms with Crippen LogP contribution in [0.5, 0.6) is 0 Å². The van der Waals surface area contributed by atoms with Crippen LogP contribution in [-0.4, -0.2) is 25.0 Å². The maximum Gasteiger partial charge on any atom is 0.328 e. The Morgan fingerprint density at radius 3 is 2.05 bits per heavy atom. The Labute approximate surface area is 128 Å². The molecule has 0 saturated carbocycles. The molecule has 1 amide bonds. The standard InChI is InChI=1S/C14H17Cl2NO3/c1-14(2,3)11(13(19)20-4)17-12(18)8-5-9(15)7-10(16)6-8/h5-7,11H,1-4H3,(H,17,18)/t11-/m0/s1. The summed E-state index contributed by atoms with van der Waals surface area (Å²) in [5, 5.41) is 3.36. The van der Waals surface area contributed by atoms with Crippen molar-refractivity contribution in [3.8, 4) is 0 Å². The molecule has 1 N–H and O–H groups in total. The molecule has 1 aromatic carbocycles. The zero-order chi connectivity index (χ0) is 15.5. The van der Waals surface area contributed by atoms with E-state index in [1.54, 1.807) is 0 Å². The monoisotopic (exact) mass is 317 g/mol. The average Bonchev–Trinajstić information content (AvgIpc) is 2.32. The highest BCUT2D eigenvalue weighted by molar-refractivity contribution is 6.35. The highest BCUT2D eigenvalue weighted by atomic mass is 35.5. The van der Waals surface area contributed by atoms with Crippen LogP contribution in [-0.2, 0) is 9.53 Å². The van der Waals surface area contributed by atoms with Crippen molar-refractivity contribution in [2.45, 2.75) is 26.8 Å². The van der Waals surface area contributed by atoms with Gasteiger partial charge in [0.1, 0.15) is 6.04 Å². The van der Waals surface area contributed by atoms with Crippen LogP contribution in [0.2, 0.25) is 10.0 Å². The molecule has 0 radical (unpaired) electrons. The first-order valence-corrected chi connectivity index (χ1v) is 6.75. The van der Waals surface area contributed by atoms with Gasteiger partial charge in [-0.1, -0.05) is 44.0 Å². The Balaban J connectivity index is 2.99. The highest BCUT2D eigenvalue weighted by Crippen LogP contribution is 2.22. The van der Waals surface area contributed by atoms with E-state index in [1.807, 2.05) is 20.8 Å². The molecule has 1 rings (SSSR count). The first-order valence-electron chi connectivity index (χ1n) is 6.00. The number of esters is 1. The Bertz CT molecular complexity index is 503. The van der Waals surface area contributed by atoms with Crippen LogP contribution in [0.15, 0.2) is 18.2 Å². The molecule has 0 unspecified atom stereocenters. The van der Waals surface area contributed by atoms with Gasteiger partial charge in [-0.3, -0.25) is 4.79 Å². The largest absolute Gasteiger partial charge is 0.467 e. The van der Waals surface area contributed by atoms with Gasteiger partial charge in [0.25, 0.3) is 5.91 Å². The van der Waals surface area contributed by atoms with Crippen LogP contribution in [0.4, 0.5) is 0 Å². The summed E-state index contributed by atoms with van der Waals surface area (Å²) >= 11 is 11.7. The molecule has 0 saturated heterocycles. The van der Waals surface area contributed by atoms with Crippen LogP contribution in [0, 0.1) is 5.41 Å². The van der Waals surface area contributed by atoms with E-state index >= 15 is 0 Å². The van der Waals surface area contributed by atoms with Crippen molar-refractivity contribution in [2.75, 3.05) is 7.11 Å². The molecule has 20 heavy (non-hydrogen) atoms. The number of carbonyl (C=O) groups is 2. The van der Waals surface area contributed by atoms with Crippen molar-refractivity contribution >= 4 is 35.1 Å². The Hall–Kier alpha value is -1.26. The minimum Gasteiger partial charge on any atom is -0.467 e. The van der Waals surface area contributed by atoms with E-state index in [0.29, 0.717) is 15.6 Å². The number of ether oxygens (including phenoxy) is 1. The van der Waals surface area contributed by atoms with Gasteiger partial charge in [-0.05, 0) is 23.6 Å². The van der Waals surface area contributed by atoms with Crippen LogP contribution in [0.1, 0.15) is 31.1 Å². The summed E-state index contributed by atoms with van der Waals surface area (Å²) in [5.41, 5.74) is -0.189. The molecule has 0 spiro atoms. The Morgan fingerprint density at radius 2 is 1.65 bits per heavy atom. The van der Waals surface area contributed by atoms with E-state index < -0.39 is 23.3 Å². The minimum atomic E-state index is -0.766. The third kappa shape index (κ3) is 4.39. The lowest BCUT2D eigenvalue weighted by Gasteiger charge is -2.29. The van der Waals surface area contributed by atoms with E-state index in [9.17, 15) is 9.59 Å². The van der Waals surface area contributed by atoms with E-state index in [-0.39, 0.29) is 0 Å². The zero-order valence-corrected chi connectivity index (χ0v) is 13.3. The maximum atomic E-state index is 12.2. The van der Waals surface area contributed by atoms with E-state index in [0.717, 1.165) is 0 Å². The number of nitrogens with one attached hydrogen (secondary N) is 1. The third-order valence-electron chi connectivity index (χ3n) is 2.70. The third-order valence-corrected chi connectivity index (χ3v) is 3.14. The lowest BCUT2D eigenvalue weighted by molar-refractivity contribution is -0.145. The van der Waals surface area contributed by atoms with Crippen molar-refractivity contribution in [1.82, 2.24) is 5.32 Å². The number of hydrogen-bond donors (Lipinski definition) is 1. The van der Waals surface area contributed by atoms with Crippen LogP contribution >= 0.6 is 23.2 Å². The van der Waals surface area contributed by atoms with Crippen molar-refractivity contribution < 1.29 is 14.3 Å². The normalized spacial score (nSPS) is 12.7. The molecule has 0 heterocycles. The molecule has 6 heteroatoms. The summed E-state index contributed by atoms with van der Waals surface area (Å²) in [5.74, 6) is -0.932. The van der Waals surface area contributed by atoms with E-state index in [4.69, 9.17) is 27.9 Å². The lowest BCUT2D eigenvalue weighted by atomic mass is 9.86. The molecule has 1 atom stereocenters. The van der Waals surface area contributed by atoms with Crippen molar-refractivity contribution in [2.24, 2.45) is 5.41 Å². The second kappa shape index (κ2) is 6.46. The number of hydrogen-bond acceptors (Lipinski definition) is 3. The topological polar surface area (TPSA) is 55.4 Å². The lowest BCUT2D eigenvalue weighted by Crippen LogP contribution is -2.49. The van der Waals surface area contributed by atoms with Gasteiger partial charge in [-0.2, -0.15) is 0 Å².